The van der Waals surface area contributed by atoms with E-state index in [4.69, 9.17) is 0 Å². The van der Waals surface area contributed by atoms with Gasteiger partial charge >= 0.3 is 0 Å². The van der Waals surface area contributed by atoms with Crippen LogP contribution in [0, 0.1) is 29.1 Å². The molecule has 0 amide bonds. The SMILES string of the molecule is C[S+](Cc1cccc2ccccc12)c1ccc(O)cc1.C[S+](Cc1cccc2ccccc12)c1ccc(O)cc1.[O-]B([O-])Oc1c(F)c(F)c(F)c(F)c1F. The maximum Gasteiger partial charge on any atom is 0.205 e. The fraction of sp³-hybridized carbons (Fsp3) is 0.0952. The minimum absolute atomic E-state index is 0.140. The van der Waals surface area contributed by atoms with Gasteiger partial charge in [0.05, 0.1) is 0 Å². The van der Waals surface area contributed by atoms with Crippen LogP contribution in [0.4, 0.5) is 22.0 Å². The Morgan fingerprint density at radius 3 is 1.22 bits per heavy atom. The molecule has 0 bridgehead atoms. The number of hydrogen-bond donors (Lipinski definition) is 2. The van der Waals surface area contributed by atoms with Crippen molar-refractivity contribution in [2.24, 2.45) is 0 Å². The summed E-state index contributed by atoms with van der Waals surface area (Å²) in [5.41, 5.74) is 2.78. The number of rotatable bonds is 8. The van der Waals surface area contributed by atoms with Gasteiger partial charge in [0, 0.05) is 32.9 Å². The maximum absolute atomic E-state index is 12.6. The van der Waals surface area contributed by atoms with Crippen LogP contribution in [0.3, 0.4) is 0 Å². The van der Waals surface area contributed by atoms with Crippen molar-refractivity contribution in [1.29, 1.82) is 0 Å². The van der Waals surface area contributed by atoms with E-state index in [-0.39, 0.29) is 21.8 Å². The number of benzene rings is 7. The molecule has 7 aromatic rings. The lowest BCUT2D eigenvalue weighted by Crippen LogP contribution is -2.50. The van der Waals surface area contributed by atoms with Crippen LogP contribution in [0.1, 0.15) is 11.1 Å². The largest absolute Gasteiger partial charge is 0.860 e. The van der Waals surface area contributed by atoms with E-state index in [1.807, 2.05) is 24.3 Å². The summed E-state index contributed by atoms with van der Waals surface area (Å²) in [7, 11) is -2.92. The standard InChI is InChI=1S/2C18H16OS.C6BF5O3/c2*1-20(17-11-9-16(19)10-12-17)13-15-7-4-6-14-5-2-3-8-18(14)15;8-1-2(9)4(11)6(15-7(13)14)5(12)3(1)10/h2*2-12H,13H2,1H3;/q;;-2/p+2. The summed E-state index contributed by atoms with van der Waals surface area (Å²) in [6, 6.07) is 45.2. The summed E-state index contributed by atoms with van der Waals surface area (Å²) in [5, 5.41) is 43.7. The van der Waals surface area contributed by atoms with Crippen molar-refractivity contribution in [3.05, 3.63) is 174 Å². The molecular formula is C42H34BF5O5S2. The number of phenols is 2. The molecule has 5 nitrogen and oxygen atoms in total. The highest BCUT2D eigenvalue weighted by Gasteiger charge is 2.26. The molecule has 7 rings (SSSR count). The van der Waals surface area contributed by atoms with Crippen LogP contribution >= 0.6 is 0 Å². The first kappa shape index (κ1) is 41.0. The molecule has 282 valence electrons. The molecule has 0 spiro atoms. The highest BCUT2D eigenvalue weighted by molar-refractivity contribution is 7.95. The van der Waals surface area contributed by atoms with E-state index in [0.29, 0.717) is 11.5 Å². The van der Waals surface area contributed by atoms with E-state index in [2.05, 4.69) is 102 Å². The van der Waals surface area contributed by atoms with Gasteiger partial charge in [0.1, 0.15) is 42.8 Å². The van der Waals surface area contributed by atoms with Gasteiger partial charge in [-0.25, -0.2) is 13.2 Å². The molecule has 0 heterocycles. The van der Waals surface area contributed by atoms with Gasteiger partial charge in [0.25, 0.3) is 0 Å². The molecular weight excluding hydrogens is 754 g/mol. The molecule has 2 N–H and O–H groups in total. The third kappa shape index (κ3) is 10.5. The van der Waals surface area contributed by atoms with Crippen molar-refractivity contribution in [1.82, 2.24) is 0 Å². The first-order chi connectivity index (χ1) is 26.3. The third-order valence-electron chi connectivity index (χ3n) is 8.37. The molecule has 2 unspecified atom stereocenters. The lowest BCUT2D eigenvalue weighted by atomic mass is 10.1. The van der Waals surface area contributed by atoms with Crippen molar-refractivity contribution in [3.8, 4) is 17.2 Å². The molecule has 0 aliphatic carbocycles. The van der Waals surface area contributed by atoms with Crippen molar-refractivity contribution in [2.75, 3.05) is 12.5 Å². The zero-order valence-electron chi connectivity index (χ0n) is 29.5. The van der Waals surface area contributed by atoms with Crippen molar-refractivity contribution < 1.29 is 46.9 Å². The van der Waals surface area contributed by atoms with Crippen molar-refractivity contribution in [3.63, 3.8) is 0 Å². The Morgan fingerprint density at radius 1 is 0.491 bits per heavy atom. The summed E-state index contributed by atoms with van der Waals surface area (Å²) in [6.07, 6.45) is 4.52. The number of halogens is 5. The average molecular weight is 789 g/mol. The molecule has 55 heavy (non-hydrogen) atoms. The van der Waals surface area contributed by atoms with Crippen LogP contribution in [0.2, 0.25) is 0 Å². The zero-order chi connectivity index (χ0) is 39.6. The lowest BCUT2D eigenvalue weighted by Gasteiger charge is -2.27. The highest BCUT2D eigenvalue weighted by Crippen LogP contribution is 2.29. The van der Waals surface area contributed by atoms with E-state index >= 15 is 0 Å². The van der Waals surface area contributed by atoms with Gasteiger partial charge in [-0.05, 0) is 70.1 Å². The predicted molar refractivity (Wildman–Crippen MR) is 207 cm³/mol. The smallest absolute Gasteiger partial charge is 0.205 e. The minimum atomic E-state index is -3.20. The summed E-state index contributed by atoms with van der Waals surface area (Å²) >= 11 is 0. The summed E-state index contributed by atoms with van der Waals surface area (Å²) in [6.45, 7) is 0. The molecule has 0 aromatic heterocycles. The van der Waals surface area contributed by atoms with Crippen molar-refractivity contribution >= 4 is 50.7 Å². The lowest BCUT2D eigenvalue weighted by molar-refractivity contribution is -0.372. The summed E-state index contributed by atoms with van der Waals surface area (Å²) < 4.78 is 65.9. The van der Waals surface area contributed by atoms with E-state index in [9.17, 15) is 42.2 Å². The molecule has 0 radical (unpaired) electrons. The monoisotopic (exact) mass is 788 g/mol. The Hall–Kier alpha value is -5.21. The molecule has 0 saturated heterocycles. The fourth-order valence-corrected chi connectivity index (χ4v) is 8.58. The number of aromatic hydroxyl groups is 2. The fourth-order valence-electron chi connectivity index (χ4n) is 5.61. The normalized spacial score (nSPS) is 11.9. The second-order valence-electron chi connectivity index (χ2n) is 12.1. The van der Waals surface area contributed by atoms with Crippen LogP contribution in [0.15, 0.2) is 143 Å². The quantitative estimate of drug-likeness (QED) is 0.0533. The Balaban J connectivity index is 0.000000160. The first-order valence-corrected chi connectivity index (χ1v) is 20.2. The van der Waals surface area contributed by atoms with E-state index < -0.39 is 42.2 Å². The van der Waals surface area contributed by atoms with Gasteiger partial charge < -0.3 is 24.9 Å². The Morgan fingerprint density at radius 2 is 0.836 bits per heavy atom. The molecule has 0 aliphatic rings. The number of phenolic OH excluding ortho intramolecular Hbond substituents is 2. The molecule has 13 heteroatoms. The van der Waals surface area contributed by atoms with Gasteiger partial charge in [0.2, 0.25) is 29.1 Å². The van der Waals surface area contributed by atoms with E-state index in [1.165, 1.54) is 42.5 Å². The van der Waals surface area contributed by atoms with E-state index in [0.717, 1.165) is 11.5 Å². The van der Waals surface area contributed by atoms with E-state index in [1.54, 1.807) is 24.3 Å². The van der Waals surface area contributed by atoms with Gasteiger partial charge in [-0.1, -0.05) is 84.9 Å². The van der Waals surface area contributed by atoms with Crippen LogP contribution in [-0.2, 0) is 33.3 Å². The highest BCUT2D eigenvalue weighted by atomic mass is 32.2. The maximum atomic E-state index is 12.6. The predicted octanol–water partition coefficient (Wildman–Crippen LogP) is 8.17. The molecule has 0 aliphatic heterocycles. The summed E-state index contributed by atoms with van der Waals surface area (Å²) in [4.78, 5) is 2.58. The molecule has 0 saturated carbocycles. The second kappa shape index (κ2) is 18.9. The second-order valence-corrected chi connectivity index (χ2v) is 16.2. The Labute approximate surface area is 321 Å². The minimum Gasteiger partial charge on any atom is -0.860 e. The first-order valence-electron chi connectivity index (χ1n) is 16.6. The Bertz CT molecular complexity index is 2200. The van der Waals surface area contributed by atoms with Gasteiger partial charge in [0.15, 0.2) is 15.5 Å². The van der Waals surface area contributed by atoms with Crippen LogP contribution in [0.25, 0.3) is 21.5 Å². The van der Waals surface area contributed by atoms with Crippen LogP contribution in [0.5, 0.6) is 17.2 Å². The van der Waals surface area contributed by atoms with Gasteiger partial charge in [-0.2, -0.15) is 8.78 Å². The number of fused-ring (bicyclic) bond motifs is 2. The topological polar surface area (TPSA) is 95.8 Å². The average Bonchev–Trinajstić information content (AvgIpc) is 3.19. The van der Waals surface area contributed by atoms with Crippen molar-refractivity contribution in [2.45, 2.75) is 21.3 Å². The molecule has 0 fully saturated rings. The number of hydrogen-bond acceptors (Lipinski definition) is 5. The van der Waals surface area contributed by atoms with Crippen LogP contribution < -0.4 is 14.7 Å². The zero-order valence-corrected chi connectivity index (χ0v) is 31.2. The van der Waals surface area contributed by atoms with Crippen LogP contribution in [-0.4, -0.2) is 30.0 Å². The molecule has 7 aromatic carbocycles. The van der Waals surface area contributed by atoms with Gasteiger partial charge in [-0.3, -0.25) is 0 Å². The third-order valence-corrected chi connectivity index (χ3v) is 12.0. The Kier molecular flexibility index (Phi) is 14.1. The summed E-state index contributed by atoms with van der Waals surface area (Å²) in [5.74, 6) is -10.8. The van der Waals surface area contributed by atoms with Gasteiger partial charge in [-0.15, -0.1) is 0 Å². The molecule has 2 atom stereocenters.